The van der Waals surface area contributed by atoms with Gasteiger partial charge in [0.05, 0.1) is 12.3 Å². The molecule has 3 nitrogen and oxygen atoms in total. The Kier molecular flexibility index (Phi) is 4.97. The van der Waals surface area contributed by atoms with Crippen molar-refractivity contribution in [1.82, 2.24) is 4.98 Å². The van der Waals surface area contributed by atoms with Crippen molar-refractivity contribution in [1.29, 1.82) is 5.26 Å². The molecule has 1 heterocycles. The first-order valence-electron chi connectivity index (χ1n) is 9.02. The third kappa shape index (κ3) is 3.43. The molecule has 0 radical (unpaired) electrons. The third-order valence-corrected chi connectivity index (χ3v) is 4.80. The molecule has 4 rings (SSSR count). The number of aromatic nitrogens is 1. The summed E-state index contributed by atoms with van der Waals surface area (Å²) in [4.78, 5) is 4.64. The summed E-state index contributed by atoms with van der Waals surface area (Å²) in [7, 11) is 0. The Labute approximate surface area is 168 Å². The Morgan fingerprint density at radius 1 is 0.929 bits per heavy atom. The molecular weight excluding hydrogens is 368 g/mol. The number of hydrogen-bond acceptors (Lipinski definition) is 3. The molecule has 0 aliphatic heterocycles. The molecular formula is C24H17ClN2O. The molecule has 1 aromatic heterocycles. The van der Waals surface area contributed by atoms with Gasteiger partial charge in [0.1, 0.15) is 11.6 Å². The summed E-state index contributed by atoms with van der Waals surface area (Å²) < 4.78 is 5.70. The number of ether oxygens (including phenoxy) is 1. The van der Waals surface area contributed by atoms with Crippen molar-refractivity contribution in [2.75, 3.05) is 6.61 Å². The minimum absolute atomic E-state index is 0.339. The fourth-order valence-corrected chi connectivity index (χ4v) is 3.44. The van der Waals surface area contributed by atoms with Crippen molar-refractivity contribution in [3.05, 3.63) is 83.4 Å². The molecule has 4 heteroatoms. The van der Waals surface area contributed by atoms with Gasteiger partial charge in [-0.15, -0.1) is 0 Å². The van der Waals surface area contributed by atoms with Crippen LogP contribution in [0.25, 0.3) is 33.2 Å². The zero-order chi connectivity index (χ0) is 19.5. The van der Waals surface area contributed by atoms with Gasteiger partial charge in [-0.1, -0.05) is 60.1 Å². The van der Waals surface area contributed by atoms with Crippen molar-refractivity contribution in [3.63, 3.8) is 0 Å². The number of halogens is 1. The van der Waals surface area contributed by atoms with Crippen molar-refractivity contribution < 1.29 is 4.74 Å². The monoisotopic (exact) mass is 384 g/mol. The van der Waals surface area contributed by atoms with Crippen LogP contribution < -0.4 is 4.74 Å². The molecule has 0 atom stereocenters. The lowest BCUT2D eigenvalue weighted by atomic mass is 9.98. The van der Waals surface area contributed by atoms with Crippen molar-refractivity contribution in [3.8, 4) is 34.3 Å². The first-order valence-corrected chi connectivity index (χ1v) is 9.40. The van der Waals surface area contributed by atoms with E-state index in [1.807, 2.05) is 55.5 Å². The van der Waals surface area contributed by atoms with E-state index >= 15 is 0 Å². The highest BCUT2D eigenvalue weighted by Gasteiger charge is 2.16. The van der Waals surface area contributed by atoms with Gasteiger partial charge in [0, 0.05) is 16.1 Å². The highest BCUT2D eigenvalue weighted by atomic mass is 35.5. The Hall–Kier alpha value is -3.35. The SMILES string of the molecule is CCOc1nc(-c2ccc3ccccc3c2)cc(-c2cccc(Cl)c2)c1C#N. The zero-order valence-electron chi connectivity index (χ0n) is 15.3. The van der Waals surface area contributed by atoms with E-state index in [0.29, 0.717) is 23.1 Å². The summed E-state index contributed by atoms with van der Waals surface area (Å²) in [6.07, 6.45) is 0. The second-order valence-electron chi connectivity index (χ2n) is 6.35. The van der Waals surface area contributed by atoms with Gasteiger partial charge < -0.3 is 4.74 Å². The molecule has 0 saturated carbocycles. The zero-order valence-corrected chi connectivity index (χ0v) is 16.1. The number of pyridine rings is 1. The maximum atomic E-state index is 9.76. The van der Waals surface area contributed by atoms with Crippen molar-refractivity contribution >= 4 is 22.4 Å². The molecule has 0 spiro atoms. The maximum absolute atomic E-state index is 9.76. The van der Waals surface area contributed by atoms with E-state index in [1.165, 1.54) is 5.39 Å². The molecule has 136 valence electrons. The molecule has 4 aromatic rings. The van der Waals surface area contributed by atoms with Gasteiger partial charge in [0.15, 0.2) is 0 Å². The molecule has 0 amide bonds. The molecule has 0 unspecified atom stereocenters. The first kappa shape index (κ1) is 18.0. The number of fused-ring (bicyclic) bond motifs is 1. The average molecular weight is 385 g/mol. The largest absolute Gasteiger partial charge is 0.477 e. The molecule has 3 aromatic carbocycles. The molecule has 0 aliphatic carbocycles. The van der Waals surface area contributed by atoms with E-state index in [4.69, 9.17) is 16.3 Å². The van der Waals surface area contributed by atoms with Crippen LogP contribution in [0.15, 0.2) is 72.8 Å². The van der Waals surface area contributed by atoms with Gasteiger partial charge in [-0.25, -0.2) is 4.98 Å². The lowest BCUT2D eigenvalue weighted by Gasteiger charge is -2.13. The number of benzene rings is 3. The minimum atomic E-state index is 0.339. The fraction of sp³-hybridized carbons (Fsp3) is 0.0833. The Morgan fingerprint density at radius 2 is 1.75 bits per heavy atom. The Morgan fingerprint density at radius 3 is 2.50 bits per heavy atom. The highest BCUT2D eigenvalue weighted by Crippen LogP contribution is 2.35. The number of nitrogens with zero attached hydrogens (tertiary/aromatic N) is 2. The van der Waals surface area contributed by atoms with Gasteiger partial charge in [0.2, 0.25) is 5.88 Å². The molecule has 28 heavy (non-hydrogen) atoms. The van der Waals surface area contributed by atoms with Crippen LogP contribution in [0.5, 0.6) is 5.88 Å². The summed E-state index contributed by atoms with van der Waals surface area (Å²) in [6.45, 7) is 2.31. The lowest BCUT2D eigenvalue weighted by Crippen LogP contribution is -2.01. The predicted molar refractivity (Wildman–Crippen MR) is 114 cm³/mol. The van der Waals surface area contributed by atoms with E-state index in [1.54, 1.807) is 0 Å². The standard InChI is InChI=1S/C24H17ClN2O/c1-2-28-24-22(15-26)21(18-8-5-9-20(25)13-18)14-23(27-24)19-11-10-16-6-3-4-7-17(16)12-19/h3-14H,2H2,1H3. The summed E-state index contributed by atoms with van der Waals surface area (Å²) in [5, 5.41) is 12.7. The molecule has 0 saturated heterocycles. The number of hydrogen-bond donors (Lipinski definition) is 0. The first-order chi connectivity index (χ1) is 13.7. The lowest BCUT2D eigenvalue weighted by molar-refractivity contribution is 0.326. The average Bonchev–Trinajstić information content (AvgIpc) is 2.73. The van der Waals surface area contributed by atoms with E-state index in [2.05, 4.69) is 35.3 Å². The van der Waals surface area contributed by atoms with Crippen LogP contribution in [0.2, 0.25) is 5.02 Å². The topological polar surface area (TPSA) is 45.9 Å². The van der Waals surface area contributed by atoms with E-state index in [-0.39, 0.29) is 0 Å². The highest BCUT2D eigenvalue weighted by molar-refractivity contribution is 6.30. The van der Waals surface area contributed by atoms with E-state index in [9.17, 15) is 5.26 Å². The van der Waals surface area contributed by atoms with Crippen LogP contribution in [-0.4, -0.2) is 11.6 Å². The Bertz CT molecular complexity index is 1210. The van der Waals surface area contributed by atoms with Gasteiger partial charge >= 0.3 is 0 Å². The molecule has 0 aliphatic rings. The second-order valence-corrected chi connectivity index (χ2v) is 6.79. The van der Waals surface area contributed by atoms with Crippen LogP contribution in [0.1, 0.15) is 12.5 Å². The summed E-state index contributed by atoms with van der Waals surface area (Å²) in [6, 6.07) is 26.0. The molecule has 0 N–H and O–H groups in total. The van der Waals surface area contributed by atoms with Gasteiger partial charge in [0.25, 0.3) is 0 Å². The smallest absolute Gasteiger partial charge is 0.232 e. The molecule has 0 fully saturated rings. The second kappa shape index (κ2) is 7.72. The van der Waals surface area contributed by atoms with E-state index < -0.39 is 0 Å². The summed E-state index contributed by atoms with van der Waals surface area (Å²) in [5.41, 5.74) is 3.74. The maximum Gasteiger partial charge on any atom is 0.232 e. The summed E-state index contributed by atoms with van der Waals surface area (Å²) >= 11 is 6.18. The van der Waals surface area contributed by atoms with E-state index in [0.717, 1.165) is 27.8 Å². The predicted octanol–water partition coefficient (Wildman–Crippen LogP) is 6.49. The number of rotatable bonds is 4. The van der Waals surface area contributed by atoms with Crippen molar-refractivity contribution in [2.45, 2.75) is 6.92 Å². The summed E-state index contributed by atoms with van der Waals surface area (Å²) in [5.74, 6) is 0.339. The van der Waals surface area contributed by atoms with Crippen LogP contribution in [0.4, 0.5) is 0 Å². The third-order valence-electron chi connectivity index (χ3n) is 4.56. The van der Waals surface area contributed by atoms with Gasteiger partial charge in [-0.2, -0.15) is 5.26 Å². The van der Waals surface area contributed by atoms with Crippen molar-refractivity contribution in [2.24, 2.45) is 0 Å². The quantitative estimate of drug-likeness (QED) is 0.403. The van der Waals surface area contributed by atoms with Crippen LogP contribution in [-0.2, 0) is 0 Å². The number of nitriles is 1. The van der Waals surface area contributed by atoms with Gasteiger partial charge in [-0.05, 0) is 47.5 Å². The molecule has 0 bridgehead atoms. The minimum Gasteiger partial charge on any atom is -0.477 e. The van der Waals surface area contributed by atoms with Crippen LogP contribution in [0, 0.1) is 11.3 Å². The Balaban J connectivity index is 1.95. The van der Waals surface area contributed by atoms with Crippen LogP contribution in [0.3, 0.4) is 0 Å². The van der Waals surface area contributed by atoms with Gasteiger partial charge in [-0.3, -0.25) is 0 Å². The fourth-order valence-electron chi connectivity index (χ4n) is 3.25. The van der Waals surface area contributed by atoms with Crippen LogP contribution >= 0.6 is 11.6 Å². The normalized spacial score (nSPS) is 10.6.